The first-order valence-electron chi connectivity index (χ1n) is 8.72. The summed E-state index contributed by atoms with van der Waals surface area (Å²) in [6, 6.07) is 0. The zero-order valence-electron chi connectivity index (χ0n) is 13.9. The molecule has 1 saturated carbocycles. The van der Waals surface area contributed by atoms with Crippen molar-refractivity contribution in [2.24, 2.45) is 5.92 Å². The van der Waals surface area contributed by atoms with E-state index < -0.39 is 0 Å². The third kappa shape index (κ3) is 2.40. The molecular weight excluding hydrogens is 292 g/mol. The van der Waals surface area contributed by atoms with E-state index in [0.29, 0.717) is 5.92 Å². The Morgan fingerprint density at radius 1 is 1.30 bits per heavy atom. The maximum absolute atomic E-state index is 5.97. The van der Waals surface area contributed by atoms with Crippen molar-refractivity contribution < 1.29 is 8.94 Å². The van der Waals surface area contributed by atoms with Crippen LogP contribution in [0.15, 0.2) is 15.2 Å². The van der Waals surface area contributed by atoms with Crippen LogP contribution >= 0.6 is 0 Å². The van der Waals surface area contributed by atoms with Crippen LogP contribution in [0.3, 0.4) is 0 Å². The standard InChI is InChI=1S/C17H24N4O2/c1-3-14-12(10-22-20-14)8-21-9-13-6-5-7-17(13,11-21)16-19-18-15(4-2)23-16/h10,13H,3-9,11H2,1-2H3/t13-,17-/m0/s1. The molecule has 2 aromatic heterocycles. The molecular formula is C17H24N4O2. The third-order valence-electron chi connectivity index (χ3n) is 5.59. The van der Waals surface area contributed by atoms with Gasteiger partial charge in [0.1, 0.15) is 6.26 Å². The highest BCUT2D eigenvalue weighted by Gasteiger charge is 2.53. The van der Waals surface area contributed by atoms with Gasteiger partial charge in [-0.1, -0.05) is 25.4 Å². The highest BCUT2D eigenvalue weighted by Crippen LogP contribution is 2.50. The van der Waals surface area contributed by atoms with Crippen LogP contribution in [0.25, 0.3) is 0 Å². The zero-order valence-corrected chi connectivity index (χ0v) is 13.9. The minimum atomic E-state index is 0.0595. The lowest BCUT2D eigenvalue weighted by molar-refractivity contribution is 0.263. The van der Waals surface area contributed by atoms with Crippen LogP contribution in [0, 0.1) is 5.92 Å². The molecule has 2 aromatic rings. The second-order valence-corrected chi connectivity index (χ2v) is 6.91. The molecule has 0 radical (unpaired) electrons. The molecule has 0 bridgehead atoms. The van der Waals surface area contributed by atoms with E-state index in [2.05, 4.69) is 34.1 Å². The Bertz CT molecular complexity index is 680. The Labute approximate surface area is 136 Å². The molecule has 6 nitrogen and oxygen atoms in total. The van der Waals surface area contributed by atoms with Crippen molar-refractivity contribution in [1.29, 1.82) is 0 Å². The summed E-state index contributed by atoms with van der Waals surface area (Å²) in [6.07, 6.45) is 7.18. The summed E-state index contributed by atoms with van der Waals surface area (Å²) >= 11 is 0. The van der Waals surface area contributed by atoms with Crippen LogP contribution in [-0.4, -0.2) is 33.3 Å². The van der Waals surface area contributed by atoms with Gasteiger partial charge in [-0.25, -0.2) is 0 Å². The predicted octanol–water partition coefficient (Wildman–Crippen LogP) is 2.74. The predicted molar refractivity (Wildman–Crippen MR) is 83.9 cm³/mol. The molecule has 1 saturated heterocycles. The van der Waals surface area contributed by atoms with Gasteiger partial charge in [-0.15, -0.1) is 10.2 Å². The molecule has 0 unspecified atom stereocenters. The van der Waals surface area contributed by atoms with E-state index in [1.165, 1.54) is 18.4 Å². The molecule has 2 aliphatic rings. The average molecular weight is 316 g/mol. The Kier molecular flexibility index (Phi) is 3.71. The van der Waals surface area contributed by atoms with Gasteiger partial charge >= 0.3 is 0 Å². The van der Waals surface area contributed by atoms with Crippen molar-refractivity contribution in [3.8, 4) is 0 Å². The van der Waals surface area contributed by atoms with Gasteiger partial charge in [0.25, 0.3) is 0 Å². The fraction of sp³-hybridized carbons (Fsp3) is 0.706. The summed E-state index contributed by atoms with van der Waals surface area (Å²) < 4.78 is 11.1. The van der Waals surface area contributed by atoms with Crippen LogP contribution in [0.2, 0.25) is 0 Å². The van der Waals surface area contributed by atoms with E-state index >= 15 is 0 Å². The molecule has 2 atom stereocenters. The number of aryl methyl sites for hydroxylation is 2. The van der Waals surface area contributed by atoms with Gasteiger partial charge in [-0.05, 0) is 25.2 Å². The summed E-state index contributed by atoms with van der Waals surface area (Å²) in [4.78, 5) is 2.51. The fourth-order valence-electron chi connectivity index (χ4n) is 4.40. The SMILES string of the molecule is CCc1nnc([C@]23CCC[C@H]2CN(Cc2conc2CC)C3)o1. The lowest BCUT2D eigenvalue weighted by Gasteiger charge is -2.24. The zero-order chi connectivity index (χ0) is 15.9. The summed E-state index contributed by atoms with van der Waals surface area (Å²) in [6.45, 7) is 7.17. The number of aromatic nitrogens is 3. The van der Waals surface area contributed by atoms with Crippen molar-refractivity contribution in [2.45, 2.75) is 57.9 Å². The first-order chi connectivity index (χ1) is 11.2. The van der Waals surface area contributed by atoms with Gasteiger partial charge < -0.3 is 8.94 Å². The molecule has 1 aliphatic carbocycles. The molecule has 2 fully saturated rings. The van der Waals surface area contributed by atoms with Gasteiger partial charge in [0, 0.05) is 31.6 Å². The van der Waals surface area contributed by atoms with Gasteiger partial charge in [0.2, 0.25) is 11.8 Å². The molecule has 6 heteroatoms. The van der Waals surface area contributed by atoms with Crippen LogP contribution in [0.5, 0.6) is 0 Å². The third-order valence-corrected chi connectivity index (χ3v) is 5.59. The Balaban J connectivity index is 1.56. The molecule has 124 valence electrons. The normalized spacial score (nSPS) is 27.7. The van der Waals surface area contributed by atoms with Gasteiger partial charge in [-0.2, -0.15) is 0 Å². The summed E-state index contributed by atoms with van der Waals surface area (Å²) in [5, 5.41) is 12.7. The Hall–Kier alpha value is -1.69. The summed E-state index contributed by atoms with van der Waals surface area (Å²) in [7, 11) is 0. The number of hydrogen-bond acceptors (Lipinski definition) is 6. The van der Waals surface area contributed by atoms with E-state index in [-0.39, 0.29) is 5.41 Å². The monoisotopic (exact) mass is 316 g/mol. The number of fused-ring (bicyclic) bond motifs is 1. The maximum atomic E-state index is 5.97. The van der Waals surface area contributed by atoms with Crippen LogP contribution in [0.4, 0.5) is 0 Å². The molecule has 3 heterocycles. The molecule has 0 aromatic carbocycles. The highest BCUT2D eigenvalue weighted by molar-refractivity contribution is 5.19. The first-order valence-corrected chi connectivity index (χ1v) is 8.72. The van der Waals surface area contributed by atoms with Crippen molar-refractivity contribution in [2.75, 3.05) is 13.1 Å². The Morgan fingerprint density at radius 3 is 3.00 bits per heavy atom. The Morgan fingerprint density at radius 2 is 2.22 bits per heavy atom. The van der Waals surface area contributed by atoms with Crippen molar-refractivity contribution in [3.63, 3.8) is 0 Å². The van der Waals surface area contributed by atoms with E-state index in [0.717, 1.165) is 56.4 Å². The van der Waals surface area contributed by atoms with E-state index in [4.69, 9.17) is 8.94 Å². The minimum absolute atomic E-state index is 0.0595. The molecule has 0 N–H and O–H groups in total. The first kappa shape index (κ1) is 14.9. The topological polar surface area (TPSA) is 68.2 Å². The number of rotatable bonds is 5. The smallest absolute Gasteiger partial charge is 0.224 e. The number of likely N-dealkylation sites (tertiary alicyclic amines) is 1. The largest absolute Gasteiger partial charge is 0.425 e. The molecule has 0 amide bonds. The molecule has 4 rings (SSSR count). The number of nitrogens with zero attached hydrogens (tertiary/aromatic N) is 4. The van der Waals surface area contributed by atoms with E-state index in [1.807, 2.05) is 0 Å². The number of hydrogen-bond donors (Lipinski definition) is 0. The fourth-order valence-corrected chi connectivity index (χ4v) is 4.40. The van der Waals surface area contributed by atoms with Crippen molar-refractivity contribution >= 4 is 0 Å². The maximum Gasteiger partial charge on any atom is 0.224 e. The highest BCUT2D eigenvalue weighted by atomic mass is 16.5. The van der Waals surface area contributed by atoms with Crippen LogP contribution in [0.1, 0.15) is 56.1 Å². The van der Waals surface area contributed by atoms with Gasteiger partial charge in [-0.3, -0.25) is 4.90 Å². The van der Waals surface area contributed by atoms with Crippen molar-refractivity contribution in [1.82, 2.24) is 20.3 Å². The summed E-state index contributed by atoms with van der Waals surface area (Å²) in [5.41, 5.74) is 2.34. The molecule has 1 aliphatic heterocycles. The lowest BCUT2D eigenvalue weighted by Crippen LogP contribution is -2.32. The van der Waals surface area contributed by atoms with Gasteiger partial charge in [0.05, 0.1) is 11.1 Å². The van der Waals surface area contributed by atoms with Crippen molar-refractivity contribution in [3.05, 3.63) is 29.3 Å². The second kappa shape index (κ2) is 5.74. The van der Waals surface area contributed by atoms with Gasteiger partial charge in [0.15, 0.2) is 0 Å². The summed E-state index contributed by atoms with van der Waals surface area (Å²) in [5.74, 6) is 2.24. The van der Waals surface area contributed by atoms with E-state index in [1.54, 1.807) is 6.26 Å². The molecule has 23 heavy (non-hydrogen) atoms. The average Bonchev–Trinajstić information content (AvgIpc) is 3.29. The second-order valence-electron chi connectivity index (χ2n) is 6.91. The van der Waals surface area contributed by atoms with Crippen LogP contribution in [-0.2, 0) is 24.8 Å². The lowest BCUT2D eigenvalue weighted by atomic mass is 9.80. The van der Waals surface area contributed by atoms with E-state index in [9.17, 15) is 0 Å². The minimum Gasteiger partial charge on any atom is -0.425 e. The van der Waals surface area contributed by atoms with Crippen LogP contribution < -0.4 is 0 Å². The quantitative estimate of drug-likeness (QED) is 0.845. The molecule has 0 spiro atoms.